The average Bonchev–Trinajstić information content (AvgIpc) is 3.03. The van der Waals surface area contributed by atoms with Crippen molar-refractivity contribution in [2.24, 2.45) is 5.41 Å². The number of carboxylic acid groups (broad SMARTS) is 1. The van der Waals surface area contributed by atoms with Crippen LogP contribution in [0.4, 0.5) is 0 Å². The van der Waals surface area contributed by atoms with E-state index < -0.39 is 11.5 Å². The van der Waals surface area contributed by atoms with E-state index in [4.69, 9.17) is 0 Å². The van der Waals surface area contributed by atoms with Crippen molar-refractivity contribution in [1.29, 1.82) is 0 Å². The monoisotopic (exact) mass is 294 g/mol. The zero-order valence-corrected chi connectivity index (χ0v) is 13.5. The molecule has 0 aromatic rings. The highest BCUT2D eigenvalue weighted by Gasteiger charge is 2.50. The molecule has 4 heteroatoms. The Balaban J connectivity index is 1.64. The zero-order chi connectivity index (χ0) is 15.1. The molecule has 0 radical (unpaired) electrons. The Kier molecular flexibility index (Phi) is 4.04. The van der Waals surface area contributed by atoms with Crippen molar-refractivity contribution in [3.63, 3.8) is 0 Å². The van der Waals surface area contributed by atoms with E-state index in [1.807, 2.05) is 0 Å². The molecule has 0 aromatic carbocycles. The van der Waals surface area contributed by atoms with Crippen molar-refractivity contribution in [2.45, 2.75) is 82.8 Å². The first kappa shape index (κ1) is 15.3. The van der Waals surface area contributed by atoms with E-state index in [9.17, 15) is 9.90 Å². The molecule has 0 spiro atoms. The second-order valence-corrected chi connectivity index (χ2v) is 7.63. The van der Waals surface area contributed by atoms with Gasteiger partial charge in [-0.15, -0.1) is 0 Å². The average molecular weight is 294 g/mol. The highest BCUT2D eigenvalue weighted by atomic mass is 16.4. The summed E-state index contributed by atoms with van der Waals surface area (Å²) in [4.78, 5) is 14.4. The van der Waals surface area contributed by atoms with Crippen LogP contribution in [0, 0.1) is 5.41 Å². The van der Waals surface area contributed by atoms with Gasteiger partial charge in [-0.05, 0) is 63.3 Å². The highest BCUT2D eigenvalue weighted by Crippen LogP contribution is 2.43. The number of rotatable bonds is 6. The summed E-state index contributed by atoms with van der Waals surface area (Å²) in [6.07, 6.45) is 8.71. The fourth-order valence-corrected chi connectivity index (χ4v) is 4.45. The first-order valence-electron chi connectivity index (χ1n) is 8.78. The second kappa shape index (κ2) is 5.54. The van der Waals surface area contributed by atoms with E-state index >= 15 is 0 Å². The molecule has 0 amide bonds. The molecule has 2 atom stereocenters. The Morgan fingerprint density at radius 1 is 1.24 bits per heavy atom. The SMILES string of the molecule is CCC1(CC)CCN(C2CCC(NC3CC3)(C(=O)O)C2)C1. The van der Waals surface area contributed by atoms with Gasteiger partial charge in [0.25, 0.3) is 0 Å². The molecular weight excluding hydrogens is 264 g/mol. The number of likely N-dealkylation sites (tertiary alicyclic amines) is 1. The topological polar surface area (TPSA) is 52.6 Å². The van der Waals surface area contributed by atoms with E-state index in [1.165, 1.54) is 25.8 Å². The lowest BCUT2D eigenvalue weighted by Crippen LogP contribution is -2.52. The van der Waals surface area contributed by atoms with Gasteiger partial charge < -0.3 is 5.11 Å². The van der Waals surface area contributed by atoms with Crippen LogP contribution in [0.25, 0.3) is 0 Å². The van der Waals surface area contributed by atoms with E-state index in [2.05, 4.69) is 24.1 Å². The van der Waals surface area contributed by atoms with E-state index in [1.54, 1.807) is 0 Å². The van der Waals surface area contributed by atoms with Gasteiger partial charge in [-0.2, -0.15) is 0 Å². The fraction of sp³-hybridized carbons (Fsp3) is 0.941. The van der Waals surface area contributed by atoms with Crippen LogP contribution >= 0.6 is 0 Å². The third-order valence-corrected chi connectivity index (χ3v) is 6.44. The van der Waals surface area contributed by atoms with E-state index in [0.717, 1.165) is 38.6 Å². The van der Waals surface area contributed by atoms with Crippen LogP contribution in [0.15, 0.2) is 0 Å². The Bertz CT molecular complexity index is 404. The molecule has 120 valence electrons. The molecule has 2 saturated carbocycles. The Morgan fingerprint density at radius 2 is 1.95 bits per heavy atom. The van der Waals surface area contributed by atoms with Crippen molar-refractivity contribution < 1.29 is 9.90 Å². The normalized spacial score (nSPS) is 36.2. The van der Waals surface area contributed by atoms with Crippen molar-refractivity contribution >= 4 is 5.97 Å². The van der Waals surface area contributed by atoms with Crippen LogP contribution in [-0.2, 0) is 4.79 Å². The molecule has 1 aliphatic heterocycles. The third kappa shape index (κ3) is 2.85. The number of nitrogens with zero attached hydrogens (tertiary/aromatic N) is 1. The Labute approximate surface area is 128 Å². The van der Waals surface area contributed by atoms with Gasteiger partial charge in [0.2, 0.25) is 0 Å². The summed E-state index contributed by atoms with van der Waals surface area (Å²) < 4.78 is 0. The summed E-state index contributed by atoms with van der Waals surface area (Å²) in [6, 6.07) is 0.927. The van der Waals surface area contributed by atoms with Crippen LogP contribution in [0.3, 0.4) is 0 Å². The Morgan fingerprint density at radius 3 is 2.48 bits per heavy atom. The van der Waals surface area contributed by atoms with Crippen LogP contribution < -0.4 is 5.32 Å². The minimum atomic E-state index is -0.643. The summed E-state index contributed by atoms with van der Waals surface area (Å²) >= 11 is 0. The molecule has 2 aliphatic carbocycles. The number of carboxylic acids is 1. The summed E-state index contributed by atoms with van der Waals surface area (Å²) in [7, 11) is 0. The predicted molar refractivity (Wildman–Crippen MR) is 83.4 cm³/mol. The maximum Gasteiger partial charge on any atom is 0.323 e. The lowest BCUT2D eigenvalue weighted by molar-refractivity contribution is -0.145. The third-order valence-electron chi connectivity index (χ3n) is 6.44. The van der Waals surface area contributed by atoms with Gasteiger partial charge in [0.05, 0.1) is 0 Å². The molecule has 3 rings (SSSR count). The molecule has 1 saturated heterocycles. The largest absolute Gasteiger partial charge is 0.480 e. The quantitative estimate of drug-likeness (QED) is 0.791. The van der Waals surface area contributed by atoms with Gasteiger partial charge in [0.15, 0.2) is 0 Å². The zero-order valence-electron chi connectivity index (χ0n) is 13.5. The standard InChI is InChI=1S/C17H30N2O2/c1-3-16(4-2)9-10-19(12-16)14-7-8-17(11-14,15(20)21)18-13-5-6-13/h13-14,18H,3-12H2,1-2H3,(H,20,21). The lowest BCUT2D eigenvalue weighted by atomic mass is 9.82. The minimum Gasteiger partial charge on any atom is -0.480 e. The van der Waals surface area contributed by atoms with E-state index in [-0.39, 0.29) is 0 Å². The predicted octanol–water partition coefficient (Wildman–Crippen LogP) is 2.63. The highest BCUT2D eigenvalue weighted by molar-refractivity contribution is 5.79. The molecule has 0 aromatic heterocycles. The molecule has 3 aliphatic rings. The first-order valence-corrected chi connectivity index (χ1v) is 8.78. The molecule has 2 N–H and O–H groups in total. The van der Waals surface area contributed by atoms with Crippen molar-refractivity contribution in [3.05, 3.63) is 0 Å². The number of hydrogen-bond donors (Lipinski definition) is 2. The van der Waals surface area contributed by atoms with Crippen molar-refractivity contribution in [2.75, 3.05) is 13.1 Å². The van der Waals surface area contributed by atoms with Gasteiger partial charge in [-0.3, -0.25) is 15.0 Å². The number of carbonyl (C=O) groups is 1. The number of aliphatic carboxylic acids is 1. The molecule has 3 fully saturated rings. The molecule has 4 nitrogen and oxygen atoms in total. The minimum absolute atomic E-state index is 0.462. The van der Waals surface area contributed by atoms with Crippen molar-refractivity contribution in [3.8, 4) is 0 Å². The second-order valence-electron chi connectivity index (χ2n) is 7.63. The van der Waals surface area contributed by atoms with Gasteiger partial charge in [-0.1, -0.05) is 13.8 Å². The summed E-state index contributed by atoms with van der Waals surface area (Å²) in [5.74, 6) is -0.631. The summed E-state index contributed by atoms with van der Waals surface area (Å²) in [5, 5.41) is 13.2. The molecule has 21 heavy (non-hydrogen) atoms. The van der Waals surface area contributed by atoms with Crippen LogP contribution in [-0.4, -0.2) is 46.7 Å². The molecule has 2 unspecified atom stereocenters. The van der Waals surface area contributed by atoms with Gasteiger partial charge in [0.1, 0.15) is 5.54 Å². The van der Waals surface area contributed by atoms with Crippen LogP contribution in [0.1, 0.15) is 65.2 Å². The van der Waals surface area contributed by atoms with Crippen LogP contribution in [0.2, 0.25) is 0 Å². The lowest BCUT2D eigenvalue weighted by Gasteiger charge is -2.31. The Hall–Kier alpha value is -0.610. The molecule has 1 heterocycles. The molecular formula is C17H30N2O2. The smallest absolute Gasteiger partial charge is 0.323 e. The number of nitrogens with one attached hydrogen (secondary N) is 1. The van der Waals surface area contributed by atoms with Gasteiger partial charge in [0, 0.05) is 18.6 Å². The van der Waals surface area contributed by atoms with Crippen LogP contribution in [0.5, 0.6) is 0 Å². The summed E-state index contributed by atoms with van der Waals surface area (Å²) in [6.45, 7) is 6.94. The van der Waals surface area contributed by atoms with E-state index in [0.29, 0.717) is 17.5 Å². The first-order chi connectivity index (χ1) is 10.0. The maximum atomic E-state index is 11.8. The van der Waals surface area contributed by atoms with Gasteiger partial charge in [-0.25, -0.2) is 0 Å². The molecule has 0 bridgehead atoms. The van der Waals surface area contributed by atoms with Crippen molar-refractivity contribution in [1.82, 2.24) is 10.2 Å². The fourth-order valence-electron chi connectivity index (χ4n) is 4.45. The number of hydrogen-bond acceptors (Lipinski definition) is 3. The van der Waals surface area contributed by atoms with Gasteiger partial charge >= 0.3 is 5.97 Å². The maximum absolute atomic E-state index is 11.8. The summed E-state index contributed by atoms with van der Waals surface area (Å²) in [5.41, 5.74) is -0.159.